The Morgan fingerprint density at radius 2 is 2.17 bits per heavy atom. The normalized spacial score (nSPS) is 17.6. The largest absolute Gasteiger partial charge is 0.381 e. The SMILES string of the molecule is NCC(Nc1cccc([N+](=O)[O-])c1)C1CCCC1. The Kier molecular flexibility index (Phi) is 4.15. The van der Waals surface area contributed by atoms with Gasteiger partial charge in [0.25, 0.3) is 5.69 Å². The number of nitrogens with one attached hydrogen (secondary N) is 1. The Hall–Kier alpha value is -1.62. The molecule has 0 heterocycles. The summed E-state index contributed by atoms with van der Waals surface area (Å²) in [4.78, 5) is 10.3. The molecule has 1 saturated carbocycles. The van der Waals surface area contributed by atoms with Gasteiger partial charge in [-0.15, -0.1) is 0 Å². The Morgan fingerprint density at radius 1 is 1.44 bits per heavy atom. The summed E-state index contributed by atoms with van der Waals surface area (Å²) < 4.78 is 0. The first-order valence-corrected chi connectivity index (χ1v) is 6.42. The third-order valence-corrected chi connectivity index (χ3v) is 3.63. The van der Waals surface area contributed by atoms with Crippen molar-refractivity contribution in [3.63, 3.8) is 0 Å². The molecule has 5 heteroatoms. The van der Waals surface area contributed by atoms with Gasteiger partial charge < -0.3 is 11.1 Å². The quantitative estimate of drug-likeness (QED) is 0.620. The highest BCUT2D eigenvalue weighted by molar-refractivity contribution is 5.51. The fourth-order valence-electron chi connectivity index (χ4n) is 2.65. The lowest BCUT2D eigenvalue weighted by Crippen LogP contribution is -2.35. The smallest absolute Gasteiger partial charge is 0.271 e. The number of anilines is 1. The Morgan fingerprint density at radius 3 is 2.78 bits per heavy atom. The second-order valence-corrected chi connectivity index (χ2v) is 4.84. The van der Waals surface area contributed by atoms with E-state index in [9.17, 15) is 10.1 Å². The summed E-state index contributed by atoms with van der Waals surface area (Å²) in [5.41, 5.74) is 6.70. The number of benzene rings is 1. The van der Waals surface area contributed by atoms with Crippen LogP contribution in [0.4, 0.5) is 11.4 Å². The zero-order valence-corrected chi connectivity index (χ0v) is 10.3. The van der Waals surface area contributed by atoms with Crippen molar-refractivity contribution in [3.05, 3.63) is 34.4 Å². The third kappa shape index (κ3) is 2.98. The van der Waals surface area contributed by atoms with Crippen LogP contribution in [0.3, 0.4) is 0 Å². The molecule has 5 nitrogen and oxygen atoms in total. The molecule has 0 radical (unpaired) electrons. The Labute approximate surface area is 107 Å². The summed E-state index contributed by atoms with van der Waals surface area (Å²) >= 11 is 0. The molecule has 1 aromatic carbocycles. The molecule has 98 valence electrons. The van der Waals surface area contributed by atoms with Crippen molar-refractivity contribution in [2.45, 2.75) is 31.7 Å². The van der Waals surface area contributed by atoms with E-state index in [1.807, 2.05) is 6.07 Å². The summed E-state index contributed by atoms with van der Waals surface area (Å²) in [6.07, 6.45) is 4.92. The zero-order chi connectivity index (χ0) is 13.0. The number of rotatable bonds is 5. The molecule has 2 rings (SSSR count). The van der Waals surface area contributed by atoms with Crippen LogP contribution in [0.25, 0.3) is 0 Å². The van der Waals surface area contributed by atoms with Crippen molar-refractivity contribution in [2.24, 2.45) is 11.7 Å². The van der Waals surface area contributed by atoms with Gasteiger partial charge in [-0.2, -0.15) is 0 Å². The lowest BCUT2D eigenvalue weighted by Gasteiger charge is -2.24. The second-order valence-electron chi connectivity index (χ2n) is 4.84. The number of nitro groups is 1. The van der Waals surface area contributed by atoms with Crippen molar-refractivity contribution in [1.29, 1.82) is 0 Å². The van der Waals surface area contributed by atoms with E-state index in [0.29, 0.717) is 12.5 Å². The van der Waals surface area contributed by atoms with E-state index in [4.69, 9.17) is 5.73 Å². The molecule has 1 aliphatic carbocycles. The molecule has 0 spiro atoms. The van der Waals surface area contributed by atoms with Crippen molar-refractivity contribution >= 4 is 11.4 Å². The van der Waals surface area contributed by atoms with Gasteiger partial charge in [-0.3, -0.25) is 10.1 Å². The number of nitrogens with zero attached hydrogens (tertiary/aromatic N) is 1. The molecule has 18 heavy (non-hydrogen) atoms. The predicted molar refractivity (Wildman–Crippen MR) is 71.5 cm³/mol. The van der Waals surface area contributed by atoms with Gasteiger partial charge in [0.15, 0.2) is 0 Å². The van der Waals surface area contributed by atoms with Gasteiger partial charge in [-0.05, 0) is 24.8 Å². The molecule has 0 amide bonds. The maximum Gasteiger partial charge on any atom is 0.271 e. The van der Waals surface area contributed by atoms with Gasteiger partial charge in [0.1, 0.15) is 0 Å². The molecule has 0 aromatic heterocycles. The van der Waals surface area contributed by atoms with Crippen LogP contribution < -0.4 is 11.1 Å². The lowest BCUT2D eigenvalue weighted by molar-refractivity contribution is -0.384. The summed E-state index contributed by atoms with van der Waals surface area (Å²) in [5, 5.41) is 14.1. The van der Waals surface area contributed by atoms with E-state index in [-0.39, 0.29) is 16.7 Å². The van der Waals surface area contributed by atoms with E-state index in [0.717, 1.165) is 5.69 Å². The monoisotopic (exact) mass is 249 g/mol. The Bertz CT molecular complexity index is 416. The molecular formula is C13H19N3O2. The average molecular weight is 249 g/mol. The van der Waals surface area contributed by atoms with Gasteiger partial charge in [-0.1, -0.05) is 18.9 Å². The van der Waals surface area contributed by atoms with Crippen LogP contribution in [-0.2, 0) is 0 Å². The molecule has 1 atom stereocenters. The number of nitrogens with two attached hydrogens (primary N) is 1. The van der Waals surface area contributed by atoms with Crippen molar-refractivity contribution < 1.29 is 4.92 Å². The molecule has 1 aromatic rings. The van der Waals surface area contributed by atoms with Gasteiger partial charge in [0.2, 0.25) is 0 Å². The van der Waals surface area contributed by atoms with Crippen LogP contribution in [0, 0.1) is 16.0 Å². The van der Waals surface area contributed by atoms with E-state index in [1.165, 1.54) is 31.7 Å². The maximum atomic E-state index is 10.7. The van der Waals surface area contributed by atoms with Crippen LogP contribution in [0.15, 0.2) is 24.3 Å². The highest BCUT2D eigenvalue weighted by atomic mass is 16.6. The third-order valence-electron chi connectivity index (χ3n) is 3.63. The summed E-state index contributed by atoms with van der Waals surface area (Å²) in [6.45, 7) is 0.563. The highest BCUT2D eigenvalue weighted by Crippen LogP contribution is 2.29. The van der Waals surface area contributed by atoms with Crippen LogP contribution >= 0.6 is 0 Å². The number of hydrogen-bond acceptors (Lipinski definition) is 4. The molecular weight excluding hydrogens is 230 g/mol. The van der Waals surface area contributed by atoms with Crippen molar-refractivity contribution in [1.82, 2.24) is 0 Å². The first-order chi connectivity index (χ1) is 8.70. The maximum absolute atomic E-state index is 10.7. The standard InChI is InChI=1S/C13H19N3O2/c14-9-13(10-4-1-2-5-10)15-11-6-3-7-12(8-11)16(17)18/h3,6-8,10,13,15H,1-2,4-5,9,14H2. The molecule has 3 N–H and O–H groups in total. The zero-order valence-electron chi connectivity index (χ0n) is 10.3. The highest BCUT2D eigenvalue weighted by Gasteiger charge is 2.24. The molecule has 1 fully saturated rings. The molecule has 1 unspecified atom stereocenters. The summed E-state index contributed by atoms with van der Waals surface area (Å²) in [5.74, 6) is 0.592. The molecule has 0 bridgehead atoms. The van der Waals surface area contributed by atoms with Crippen LogP contribution in [0.2, 0.25) is 0 Å². The second kappa shape index (κ2) is 5.82. The number of nitro benzene ring substituents is 1. The van der Waals surface area contributed by atoms with Gasteiger partial charge >= 0.3 is 0 Å². The van der Waals surface area contributed by atoms with E-state index < -0.39 is 0 Å². The van der Waals surface area contributed by atoms with Gasteiger partial charge in [-0.25, -0.2) is 0 Å². The summed E-state index contributed by atoms with van der Waals surface area (Å²) in [6, 6.07) is 6.83. The van der Waals surface area contributed by atoms with E-state index in [2.05, 4.69) is 5.32 Å². The molecule has 1 aliphatic rings. The number of non-ortho nitro benzene ring substituents is 1. The fourth-order valence-corrected chi connectivity index (χ4v) is 2.65. The van der Waals surface area contributed by atoms with Crippen LogP contribution in [-0.4, -0.2) is 17.5 Å². The van der Waals surface area contributed by atoms with Gasteiger partial charge in [0.05, 0.1) is 4.92 Å². The molecule has 0 saturated heterocycles. The predicted octanol–water partition coefficient (Wildman–Crippen LogP) is 2.52. The Balaban J connectivity index is 2.06. The van der Waals surface area contributed by atoms with E-state index >= 15 is 0 Å². The molecule has 0 aliphatic heterocycles. The minimum absolute atomic E-state index is 0.113. The minimum atomic E-state index is -0.377. The lowest BCUT2D eigenvalue weighted by atomic mass is 9.98. The van der Waals surface area contributed by atoms with Crippen LogP contribution in [0.1, 0.15) is 25.7 Å². The average Bonchev–Trinajstić information content (AvgIpc) is 2.90. The first-order valence-electron chi connectivity index (χ1n) is 6.42. The number of hydrogen-bond donors (Lipinski definition) is 2. The summed E-state index contributed by atoms with van der Waals surface area (Å²) in [7, 11) is 0. The fraction of sp³-hybridized carbons (Fsp3) is 0.538. The van der Waals surface area contributed by atoms with Gasteiger partial charge in [0, 0.05) is 30.4 Å². The topological polar surface area (TPSA) is 81.2 Å². The van der Waals surface area contributed by atoms with Crippen molar-refractivity contribution in [3.8, 4) is 0 Å². The first kappa shape index (κ1) is 12.8. The minimum Gasteiger partial charge on any atom is -0.381 e. The van der Waals surface area contributed by atoms with E-state index in [1.54, 1.807) is 12.1 Å². The van der Waals surface area contributed by atoms with Crippen molar-refractivity contribution in [2.75, 3.05) is 11.9 Å². The van der Waals surface area contributed by atoms with Crippen LogP contribution in [0.5, 0.6) is 0 Å².